The van der Waals surface area contributed by atoms with Crippen molar-refractivity contribution in [1.29, 1.82) is 0 Å². The molecule has 2 aliphatic rings. The van der Waals surface area contributed by atoms with Crippen molar-refractivity contribution in [2.24, 2.45) is 5.41 Å². The zero-order valence-corrected chi connectivity index (χ0v) is 13.3. The first kappa shape index (κ1) is 14.5. The van der Waals surface area contributed by atoms with Crippen LogP contribution in [0, 0.1) is 5.41 Å². The van der Waals surface area contributed by atoms with Crippen LogP contribution in [0.2, 0.25) is 5.02 Å². The molecule has 1 saturated carbocycles. The predicted octanol–water partition coefficient (Wildman–Crippen LogP) is 3.25. The number of rotatable bonds is 1. The molecule has 4 amide bonds. The summed E-state index contributed by atoms with van der Waals surface area (Å²) in [6, 6.07) is 4.14. The fourth-order valence-electron chi connectivity index (χ4n) is 2.98. The van der Waals surface area contributed by atoms with Gasteiger partial charge < -0.3 is 0 Å². The zero-order chi connectivity index (χ0) is 15.2. The lowest BCUT2D eigenvalue weighted by atomic mass is 9.82. The second-order valence-electron chi connectivity index (χ2n) is 5.28. The lowest BCUT2D eigenvalue weighted by Gasteiger charge is -2.37. The maximum atomic E-state index is 12.8. The molecule has 5 nitrogen and oxygen atoms in total. The number of carbonyl (C=O) groups excluding carboxylic acids is 3. The maximum absolute atomic E-state index is 12.8. The molecule has 0 atom stereocenters. The maximum Gasteiger partial charge on any atom is 0.335 e. The summed E-state index contributed by atoms with van der Waals surface area (Å²) < 4.78 is 0.743. The molecule has 1 aliphatic carbocycles. The molecule has 1 saturated heterocycles. The van der Waals surface area contributed by atoms with E-state index in [9.17, 15) is 14.4 Å². The molecule has 1 aromatic carbocycles. The highest BCUT2D eigenvalue weighted by Crippen LogP contribution is 2.43. The molecule has 2 fully saturated rings. The van der Waals surface area contributed by atoms with Crippen LogP contribution in [0.4, 0.5) is 10.5 Å². The molecule has 3 rings (SSSR count). The Morgan fingerprint density at radius 1 is 1.19 bits per heavy atom. The van der Waals surface area contributed by atoms with E-state index in [1.54, 1.807) is 18.2 Å². The number of hydrogen-bond acceptors (Lipinski definition) is 3. The summed E-state index contributed by atoms with van der Waals surface area (Å²) >= 11 is 9.41. The van der Waals surface area contributed by atoms with Gasteiger partial charge in [0.25, 0.3) is 5.91 Å². The molecule has 110 valence electrons. The quantitative estimate of drug-likeness (QED) is 0.771. The van der Waals surface area contributed by atoms with E-state index in [0.717, 1.165) is 22.2 Å². The first-order valence-corrected chi connectivity index (χ1v) is 7.78. The molecule has 1 N–H and O–H groups in total. The predicted molar refractivity (Wildman–Crippen MR) is 81.1 cm³/mol. The summed E-state index contributed by atoms with van der Waals surface area (Å²) in [5, 5.41) is 2.56. The number of barbiturate groups is 1. The van der Waals surface area contributed by atoms with Crippen molar-refractivity contribution in [3.05, 3.63) is 27.7 Å². The number of nitrogens with one attached hydrogen (secondary N) is 1. The van der Waals surface area contributed by atoms with Crippen LogP contribution in [0.1, 0.15) is 25.7 Å². The number of nitrogens with zero attached hydrogens (tertiary/aromatic N) is 1. The van der Waals surface area contributed by atoms with E-state index in [1.165, 1.54) is 0 Å². The highest BCUT2D eigenvalue weighted by Gasteiger charge is 2.55. The van der Waals surface area contributed by atoms with Crippen LogP contribution in [0.5, 0.6) is 0 Å². The summed E-state index contributed by atoms with van der Waals surface area (Å²) in [5.74, 6) is -0.961. The van der Waals surface area contributed by atoms with Gasteiger partial charge in [0.05, 0.1) is 10.7 Å². The number of urea groups is 1. The third kappa shape index (κ3) is 2.17. The van der Waals surface area contributed by atoms with Gasteiger partial charge in [0, 0.05) is 4.47 Å². The Labute approximate surface area is 134 Å². The van der Waals surface area contributed by atoms with Crippen molar-refractivity contribution < 1.29 is 14.4 Å². The summed E-state index contributed by atoms with van der Waals surface area (Å²) in [4.78, 5) is 38.0. The molecule has 1 spiro atoms. The van der Waals surface area contributed by atoms with Crippen LogP contribution in [-0.4, -0.2) is 17.8 Å². The molecule has 0 unspecified atom stereocenters. The molecule has 7 heteroatoms. The average Bonchev–Trinajstić information content (AvgIpc) is 2.90. The molecule has 1 heterocycles. The molecule has 0 bridgehead atoms. The van der Waals surface area contributed by atoms with Gasteiger partial charge in [-0.3, -0.25) is 14.9 Å². The van der Waals surface area contributed by atoms with Crippen LogP contribution in [0.3, 0.4) is 0 Å². The first-order chi connectivity index (χ1) is 9.95. The largest absolute Gasteiger partial charge is 0.335 e. The zero-order valence-electron chi connectivity index (χ0n) is 11.0. The van der Waals surface area contributed by atoms with Crippen molar-refractivity contribution in [2.75, 3.05) is 4.90 Å². The Morgan fingerprint density at radius 2 is 1.86 bits per heavy atom. The van der Waals surface area contributed by atoms with Crippen molar-refractivity contribution in [1.82, 2.24) is 5.32 Å². The molecule has 1 aromatic rings. The Bertz CT molecular complexity index is 656. The van der Waals surface area contributed by atoms with E-state index in [-0.39, 0.29) is 5.02 Å². The fourth-order valence-corrected chi connectivity index (χ4v) is 3.73. The molecule has 21 heavy (non-hydrogen) atoms. The highest BCUT2D eigenvalue weighted by molar-refractivity contribution is 9.10. The third-order valence-electron chi connectivity index (χ3n) is 4.08. The van der Waals surface area contributed by atoms with E-state index < -0.39 is 23.3 Å². The van der Waals surface area contributed by atoms with Gasteiger partial charge in [-0.1, -0.05) is 40.4 Å². The highest BCUT2D eigenvalue weighted by atomic mass is 79.9. The van der Waals surface area contributed by atoms with Crippen molar-refractivity contribution in [2.45, 2.75) is 25.7 Å². The number of amides is 4. The summed E-state index contributed by atoms with van der Waals surface area (Å²) in [6.07, 6.45) is 2.54. The fraction of sp³-hybridized carbons (Fsp3) is 0.357. The Morgan fingerprint density at radius 3 is 2.48 bits per heavy atom. The Balaban J connectivity index is 2.07. The van der Waals surface area contributed by atoms with E-state index in [4.69, 9.17) is 11.6 Å². The topological polar surface area (TPSA) is 66.5 Å². The number of imide groups is 2. The van der Waals surface area contributed by atoms with Crippen LogP contribution >= 0.6 is 27.5 Å². The molecule has 1 aliphatic heterocycles. The van der Waals surface area contributed by atoms with Gasteiger partial charge >= 0.3 is 6.03 Å². The second-order valence-corrected chi connectivity index (χ2v) is 6.61. The van der Waals surface area contributed by atoms with Gasteiger partial charge in [-0.25, -0.2) is 9.69 Å². The van der Waals surface area contributed by atoms with Crippen molar-refractivity contribution >= 4 is 51.1 Å². The Kier molecular flexibility index (Phi) is 3.53. The second kappa shape index (κ2) is 5.10. The summed E-state index contributed by atoms with van der Waals surface area (Å²) in [7, 11) is 0. The van der Waals surface area contributed by atoms with Crippen LogP contribution < -0.4 is 10.2 Å². The first-order valence-electron chi connectivity index (χ1n) is 6.61. The SMILES string of the molecule is O=C1NC(=O)C2(CCCC2)C(=O)N1c1ccc(Br)cc1Cl. The minimum atomic E-state index is -1.12. The number of halogens is 2. The van der Waals surface area contributed by atoms with Gasteiger partial charge in [0.15, 0.2) is 0 Å². The number of carbonyl (C=O) groups is 3. The number of anilines is 1. The average molecular weight is 372 g/mol. The Hall–Kier alpha value is -1.40. The lowest BCUT2D eigenvalue weighted by molar-refractivity contribution is -0.142. The number of hydrogen-bond donors (Lipinski definition) is 1. The van der Waals surface area contributed by atoms with Gasteiger partial charge in [-0.15, -0.1) is 0 Å². The van der Waals surface area contributed by atoms with Gasteiger partial charge in [-0.2, -0.15) is 0 Å². The molecular weight excluding hydrogens is 360 g/mol. The summed E-state index contributed by atoms with van der Waals surface area (Å²) in [6.45, 7) is 0. The minimum absolute atomic E-state index is 0.273. The smallest absolute Gasteiger partial charge is 0.276 e. The van der Waals surface area contributed by atoms with E-state index >= 15 is 0 Å². The monoisotopic (exact) mass is 370 g/mol. The van der Waals surface area contributed by atoms with Crippen LogP contribution in [0.25, 0.3) is 0 Å². The van der Waals surface area contributed by atoms with E-state index in [1.807, 2.05) is 0 Å². The minimum Gasteiger partial charge on any atom is -0.276 e. The van der Waals surface area contributed by atoms with Gasteiger partial charge in [0.2, 0.25) is 5.91 Å². The molecular formula is C14H12BrClN2O3. The van der Waals surface area contributed by atoms with Crippen LogP contribution in [-0.2, 0) is 9.59 Å². The standard InChI is InChI=1S/C14H12BrClN2O3/c15-8-3-4-10(9(16)7-8)18-12(20)14(5-1-2-6-14)11(19)17-13(18)21/h3-4,7H,1-2,5-6H2,(H,17,19,21). The van der Waals surface area contributed by atoms with Crippen LogP contribution in [0.15, 0.2) is 22.7 Å². The molecule has 0 radical (unpaired) electrons. The van der Waals surface area contributed by atoms with Gasteiger partial charge in [-0.05, 0) is 31.0 Å². The number of benzene rings is 1. The third-order valence-corrected chi connectivity index (χ3v) is 4.87. The normalized spacial score (nSPS) is 21.0. The summed E-state index contributed by atoms with van der Waals surface area (Å²) in [5.41, 5.74) is -0.828. The van der Waals surface area contributed by atoms with E-state index in [0.29, 0.717) is 18.5 Å². The van der Waals surface area contributed by atoms with Crippen molar-refractivity contribution in [3.8, 4) is 0 Å². The molecule has 0 aromatic heterocycles. The lowest BCUT2D eigenvalue weighted by Crippen LogP contribution is -2.63. The van der Waals surface area contributed by atoms with Gasteiger partial charge in [0.1, 0.15) is 5.41 Å². The van der Waals surface area contributed by atoms with E-state index in [2.05, 4.69) is 21.2 Å². The van der Waals surface area contributed by atoms with Crippen molar-refractivity contribution in [3.63, 3.8) is 0 Å².